The zero-order chi connectivity index (χ0) is 12.7. The SMILES string of the molecule is Cc1cc(O)ccc1-c1c(C)cnc2ncnn12. The Bertz CT molecular complexity index is 733. The number of hydrogen-bond acceptors (Lipinski definition) is 4. The van der Waals surface area contributed by atoms with Gasteiger partial charge in [0.25, 0.3) is 5.78 Å². The van der Waals surface area contributed by atoms with Crippen LogP contribution < -0.4 is 0 Å². The van der Waals surface area contributed by atoms with Gasteiger partial charge in [-0.05, 0) is 43.2 Å². The first-order valence-electron chi connectivity index (χ1n) is 5.62. The molecule has 5 nitrogen and oxygen atoms in total. The molecule has 90 valence electrons. The van der Waals surface area contributed by atoms with Gasteiger partial charge in [0.15, 0.2) is 0 Å². The Hall–Kier alpha value is -2.43. The molecule has 3 aromatic rings. The van der Waals surface area contributed by atoms with Gasteiger partial charge >= 0.3 is 0 Å². The van der Waals surface area contributed by atoms with Crippen LogP contribution in [0.4, 0.5) is 0 Å². The average Bonchev–Trinajstić information content (AvgIpc) is 2.79. The highest BCUT2D eigenvalue weighted by Gasteiger charge is 2.12. The molecule has 0 saturated heterocycles. The van der Waals surface area contributed by atoms with E-state index in [9.17, 15) is 5.11 Å². The van der Waals surface area contributed by atoms with Crippen molar-refractivity contribution in [3.05, 3.63) is 41.9 Å². The van der Waals surface area contributed by atoms with Crippen molar-refractivity contribution in [1.82, 2.24) is 19.6 Å². The highest BCUT2D eigenvalue weighted by molar-refractivity contribution is 5.69. The summed E-state index contributed by atoms with van der Waals surface area (Å²) in [6.07, 6.45) is 3.27. The van der Waals surface area contributed by atoms with E-state index in [2.05, 4.69) is 15.1 Å². The highest BCUT2D eigenvalue weighted by Crippen LogP contribution is 2.28. The number of benzene rings is 1. The van der Waals surface area contributed by atoms with E-state index in [1.54, 1.807) is 22.8 Å². The second-order valence-corrected chi connectivity index (χ2v) is 4.26. The minimum Gasteiger partial charge on any atom is -0.508 e. The molecule has 0 aliphatic carbocycles. The van der Waals surface area contributed by atoms with Gasteiger partial charge in [0.05, 0.1) is 5.69 Å². The molecule has 0 bridgehead atoms. The third-order valence-electron chi connectivity index (χ3n) is 2.95. The molecule has 5 heteroatoms. The van der Waals surface area contributed by atoms with E-state index in [1.807, 2.05) is 19.9 Å². The molecule has 0 radical (unpaired) electrons. The van der Waals surface area contributed by atoms with Crippen LogP contribution in [0.25, 0.3) is 17.0 Å². The van der Waals surface area contributed by atoms with Crippen molar-refractivity contribution in [2.45, 2.75) is 13.8 Å². The number of aromatic nitrogens is 4. The van der Waals surface area contributed by atoms with Crippen molar-refractivity contribution in [3.63, 3.8) is 0 Å². The number of phenols is 1. The van der Waals surface area contributed by atoms with Crippen molar-refractivity contribution in [2.75, 3.05) is 0 Å². The summed E-state index contributed by atoms with van der Waals surface area (Å²) < 4.78 is 1.72. The summed E-state index contributed by atoms with van der Waals surface area (Å²) in [6, 6.07) is 5.29. The standard InChI is InChI=1S/C13H12N4O/c1-8-5-10(18)3-4-11(8)12-9(2)6-14-13-15-7-16-17(12)13/h3-7,18H,1-2H3. The number of fused-ring (bicyclic) bond motifs is 1. The normalized spacial score (nSPS) is 11.0. The molecule has 3 rings (SSSR count). The molecule has 0 unspecified atom stereocenters. The lowest BCUT2D eigenvalue weighted by atomic mass is 10.0. The van der Waals surface area contributed by atoms with Crippen molar-refractivity contribution in [1.29, 1.82) is 0 Å². The third-order valence-corrected chi connectivity index (χ3v) is 2.95. The van der Waals surface area contributed by atoms with Crippen LogP contribution >= 0.6 is 0 Å². The van der Waals surface area contributed by atoms with Crippen LogP contribution in [0.15, 0.2) is 30.7 Å². The molecule has 0 amide bonds. The summed E-state index contributed by atoms with van der Waals surface area (Å²) in [5, 5.41) is 13.7. The maximum Gasteiger partial charge on any atom is 0.252 e. The van der Waals surface area contributed by atoms with Crippen molar-refractivity contribution >= 4 is 5.78 Å². The van der Waals surface area contributed by atoms with Gasteiger partial charge in [-0.25, -0.2) is 4.98 Å². The number of hydrogen-bond donors (Lipinski definition) is 1. The Kier molecular flexibility index (Phi) is 2.26. The lowest BCUT2D eigenvalue weighted by Gasteiger charge is -2.10. The second kappa shape index (κ2) is 3.80. The molecule has 0 aliphatic rings. The van der Waals surface area contributed by atoms with Gasteiger partial charge < -0.3 is 5.11 Å². The Morgan fingerprint density at radius 1 is 1.11 bits per heavy atom. The van der Waals surface area contributed by atoms with E-state index in [0.717, 1.165) is 22.4 Å². The number of phenolic OH excluding ortho intramolecular Hbond substituents is 1. The molecule has 2 heterocycles. The Labute approximate surface area is 104 Å². The molecule has 0 spiro atoms. The van der Waals surface area contributed by atoms with Crippen LogP contribution in [0.2, 0.25) is 0 Å². The molecular weight excluding hydrogens is 228 g/mol. The van der Waals surface area contributed by atoms with Gasteiger partial charge in [-0.2, -0.15) is 14.6 Å². The summed E-state index contributed by atoms with van der Waals surface area (Å²) in [4.78, 5) is 8.30. The molecule has 1 N–H and O–H groups in total. The number of nitrogens with zero attached hydrogens (tertiary/aromatic N) is 4. The molecule has 0 atom stereocenters. The Balaban J connectivity index is 2.36. The van der Waals surface area contributed by atoms with Gasteiger partial charge in [-0.15, -0.1) is 0 Å². The molecule has 1 aromatic carbocycles. The first kappa shape index (κ1) is 10.7. The van der Waals surface area contributed by atoms with Gasteiger partial charge in [-0.3, -0.25) is 0 Å². The van der Waals surface area contributed by atoms with Crippen LogP contribution in [0.3, 0.4) is 0 Å². The van der Waals surface area contributed by atoms with Crippen LogP contribution in [0.5, 0.6) is 5.75 Å². The largest absolute Gasteiger partial charge is 0.508 e. The Morgan fingerprint density at radius 3 is 2.72 bits per heavy atom. The van der Waals surface area contributed by atoms with Crippen LogP contribution in [0.1, 0.15) is 11.1 Å². The molecule has 0 fully saturated rings. The fourth-order valence-corrected chi connectivity index (χ4v) is 2.10. The quantitative estimate of drug-likeness (QED) is 0.707. The van der Waals surface area contributed by atoms with E-state index in [-0.39, 0.29) is 5.75 Å². The van der Waals surface area contributed by atoms with Crippen molar-refractivity contribution < 1.29 is 5.11 Å². The second-order valence-electron chi connectivity index (χ2n) is 4.26. The smallest absolute Gasteiger partial charge is 0.252 e. The molecule has 0 aliphatic heterocycles. The zero-order valence-electron chi connectivity index (χ0n) is 10.1. The predicted octanol–water partition coefficient (Wildman–Crippen LogP) is 2.11. The van der Waals surface area contributed by atoms with Crippen molar-refractivity contribution in [2.24, 2.45) is 0 Å². The summed E-state index contributed by atoms with van der Waals surface area (Å²) in [5.74, 6) is 0.834. The lowest BCUT2D eigenvalue weighted by Crippen LogP contribution is -2.00. The van der Waals surface area contributed by atoms with Crippen molar-refractivity contribution in [3.8, 4) is 17.0 Å². The number of rotatable bonds is 1. The van der Waals surface area contributed by atoms with Gasteiger partial charge in [0.1, 0.15) is 12.1 Å². The van der Waals surface area contributed by atoms with Gasteiger partial charge in [0.2, 0.25) is 0 Å². The molecular formula is C13H12N4O. The van der Waals surface area contributed by atoms with E-state index in [4.69, 9.17) is 0 Å². The maximum absolute atomic E-state index is 9.48. The summed E-state index contributed by atoms with van der Waals surface area (Å²) in [6.45, 7) is 3.94. The van der Waals surface area contributed by atoms with Gasteiger partial charge in [-0.1, -0.05) is 0 Å². The average molecular weight is 240 g/mol. The number of aryl methyl sites for hydroxylation is 2. The minimum atomic E-state index is 0.262. The summed E-state index contributed by atoms with van der Waals surface area (Å²) >= 11 is 0. The van der Waals surface area contributed by atoms with E-state index in [0.29, 0.717) is 5.78 Å². The number of aromatic hydroxyl groups is 1. The predicted molar refractivity (Wildman–Crippen MR) is 67.4 cm³/mol. The maximum atomic E-state index is 9.48. The van der Waals surface area contributed by atoms with Gasteiger partial charge in [0, 0.05) is 11.8 Å². The van der Waals surface area contributed by atoms with Crippen LogP contribution in [0, 0.1) is 13.8 Å². The first-order valence-corrected chi connectivity index (χ1v) is 5.62. The van der Waals surface area contributed by atoms with E-state index >= 15 is 0 Å². The third kappa shape index (κ3) is 1.52. The molecule has 18 heavy (non-hydrogen) atoms. The lowest BCUT2D eigenvalue weighted by molar-refractivity contribution is 0.475. The fraction of sp³-hybridized carbons (Fsp3) is 0.154. The monoisotopic (exact) mass is 240 g/mol. The van der Waals surface area contributed by atoms with E-state index < -0.39 is 0 Å². The minimum absolute atomic E-state index is 0.262. The fourth-order valence-electron chi connectivity index (χ4n) is 2.10. The molecule has 2 aromatic heterocycles. The summed E-state index contributed by atoms with van der Waals surface area (Å²) in [7, 11) is 0. The topological polar surface area (TPSA) is 63.3 Å². The summed E-state index contributed by atoms with van der Waals surface area (Å²) in [5.41, 5.74) is 3.97. The molecule has 0 saturated carbocycles. The Morgan fingerprint density at radius 2 is 1.94 bits per heavy atom. The van der Waals surface area contributed by atoms with E-state index in [1.165, 1.54) is 6.33 Å². The highest BCUT2D eigenvalue weighted by atomic mass is 16.3. The van der Waals surface area contributed by atoms with Crippen LogP contribution in [-0.2, 0) is 0 Å². The zero-order valence-corrected chi connectivity index (χ0v) is 10.1. The van der Waals surface area contributed by atoms with Crippen LogP contribution in [-0.4, -0.2) is 24.7 Å². The first-order chi connectivity index (χ1) is 8.66.